The number of hydrogen-bond donors (Lipinski definition) is 2. The number of carboxylic acids is 1. The number of nitrogens with one attached hydrogen (secondary N) is 1. The van der Waals surface area contributed by atoms with Gasteiger partial charge in [-0.05, 0) is 38.8 Å². The van der Waals surface area contributed by atoms with Crippen LogP contribution in [0.2, 0.25) is 0 Å². The first-order chi connectivity index (χ1) is 12.9. The number of nitrogens with zero attached hydrogens (tertiary/aromatic N) is 1. The molecule has 0 bridgehead atoms. The van der Waals surface area contributed by atoms with Gasteiger partial charge >= 0.3 is 5.97 Å². The molecule has 2 amide bonds. The zero-order chi connectivity index (χ0) is 19.6. The highest BCUT2D eigenvalue weighted by Gasteiger charge is 2.32. The Kier molecular flexibility index (Phi) is 5.30. The van der Waals surface area contributed by atoms with Crippen LogP contribution in [0, 0.1) is 13.8 Å². The smallest absolute Gasteiger partial charge is 0.311 e. The largest absolute Gasteiger partial charge is 0.481 e. The van der Waals surface area contributed by atoms with Crippen molar-refractivity contribution in [2.45, 2.75) is 39.2 Å². The lowest BCUT2D eigenvalue weighted by atomic mass is 10.0. The van der Waals surface area contributed by atoms with E-state index in [4.69, 9.17) is 9.52 Å². The van der Waals surface area contributed by atoms with E-state index in [-0.39, 0.29) is 23.7 Å². The van der Waals surface area contributed by atoms with Crippen molar-refractivity contribution in [2.24, 2.45) is 0 Å². The standard InChI is InChI=1S/C20H22N2O5/c1-12-5-7-14(8-6-12)22-9-3-4-15(20(22)26)21-19(25)18-13(2)11-27-16(18)10-17(23)24/h5-8,11,15H,3-4,9-10H2,1-2H3,(H,21,25)(H,23,24). The fourth-order valence-electron chi connectivity index (χ4n) is 3.29. The first-order valence-corrected chi connectivity index (χ1v) is 8.84. The summed E-state index contributed by atoms with van der Waals surface area (Å²) < 4.78 is 5.21. The number of benzene rings is 1. The maximum Gasteiger partial charge on any atom is 0.311 e. The third-order valence-electron chi connectivity index (χ3n) is 4.68. The number of piperidine rings is 1. The van der Waals surface area contributed by atoms with Crippen LogP contribution in [0.1, 0.15) is 40.1 Å². The Morgan fingerprint density at radius 1 is 1.26 bits per heavy atom. The van der Waals surface area contributed by atoms with Crippen LogP contribution in [0.3, 0.4) is 0 Å². The topological polar surface area (TPSA) is 99.8 Å². The lowest BCUT2D eigenvalue weighted by molar-refractivity contribution is -0.136. The Hall–Kier alpha value is -3.09. The van der Waals surface area contributed by atoms with Crippen LogP contribution in [0.5, 0.6) is 0 Å². The van der Waals surface area contributed by atoms with Gasteiger partial charge in [0.2, 0.25) is 5.91 Å². The molecule has 1 aliphatic rings. The van der Waals surface area contributed by atoms with Crippen LogP contribution in [0.25, 0.3) is 0 Å². The Morgan fingerprint density at radius 3 is 2.63 bits per heavy atom. The second kappa shape index (κ2) is 7.65. The molecule has 2 N–H and O–H groups in total. The van der Waals surface area contributed by atoms with E-state index in [1.807, 2.05) is 31.2 Å². The molecule has 2 aromatic rings. The van der Waals surface area contributed by atoms with Gasteiger partial charge in [-0.25, -0.2) is 0 Å². The number of rotatable bonds is 5. The number of carboxylic acid groups (broad SMARTS) is 1. The summed E-state index contributed by atoms with van der Waals surface area (Å²) in [5.41, 5.74) is 2.64. The number of aryl methyl sites for hydroxylation is 2. The van der Waals surface area contributed by atoms with E-state index in [2.05, 4.69) is 5.32 Å². The predicted molar refractivity (Wildman–Crippen MR) is 98.8 cm³/mol. The summed E-state index contributed by atoms with van der Waals surface area (Å²) in [4.78, 5) is 38.2. The molecule has 0 spiro atoms. The highest BCUT2D eigenvalue weighted by Crippen LogP contribution is 2.23. The lowest BCUT2D eigenvalue weighted by Crippen LogP contribution is -2.52. The maximum atomic E-state index is 12.9. The van der Waals surface area contributed by atoms with Gasteiger partial charge in [-0.2, -0.15) is 0 Å². The predicted octanol–water partition coefficient (Wildman–Crippen LogP) is 2.45. The molecule has 27 heavy (non-hydrogen) atoms. The average molecular weight is 370 g/mol. The van der Waals surface area contributed by atoms with Gasteiger partial charge < -0.3 is 19.7 Å². The number of aliphatic carboxylic acids is 1. The fourth-order valence-corrected chi connectivity index (χ4v) is 3.29. The molecule has 0 radical (unpaired) electrons. The van der Waals surface area contributed by atoms with Crippen molar-refractivity contribution < 1.29 is 23.9 Å². The first-order valence-electron chi connectivity index (χ1n) is 8.84. The normalized spacial score (nSPS) is 17.0. The molecule has 7 heteroatoms. The quantitative estimate of drug-likeness (QED) is 0.842. The highest BCUT2D eigenvalue weighted by molar-refractivity contribution is 6.04. The summed E-state index contributed by atoms with van der Waals surface area (Å²) in [6.45, 7) is 4.25. The lowest BCUT2D eigenvalue weighted by Gasteiger charge is -2.32. The molecule has 1 unspecified atom stereocenters. The van der Waals surface area contributed by atoms with Crippen LogP contribution in [-0.2, 0) is 16.0 Å². The monoisotopic (exact) mass is 370 g/mol. The second-order valence-corrected chi connectivity index (χ2v) is 6.78. The van der Waals surface area contributed by atoms with Gasteiger partial charge in [-0.1, -0.05) is 17.7 Å². The van der Waals surface area contributed by atoms with Crippen molar-refractivity contribution in [1.29, 1.82) is 0 Å². The van der Waals surface area contributed by atoms with Gasteiger partial charge in [0, 0.05) is 17.8 Å². The Labute approximate surface area is 157 Å². The molecule has 1 saturated heterocycles. The van der Waals surface area contributed by atoms with Gasteiger partial charge in [0.05, 0.1) is 11.8 Å². The van der Waals surface area contributed by atoms with Crippen molar-refractivity contribution in [1.82, 2.24) is 5.32 Å². The highest BCUT2D eigenvalue weighted by atomic mass is 16.4. The molecule has 1 aromatic carbocycles. The van der Waals surface area contributed by atoms with E-state index in [9.17, 15) is 14.4 Å². The van der Waals surface area contributed by atoms with Gasteiger partial charge in [0.1, 0.15) is 18.2 Å². The summed E-state index contributed by atoms with van der Waals surface area (Å²) in [7, 11) is 0. The number of amides is 2. The summed E-state index contributed by atoms with van der Waals surface area (Å²) in [5.74, 6) is -1.64. The maximum absolute atomic E-state index is 12.9. The molecule has 3 rings (SSSR count). The number of furan rings is 1. The van der Waals surface area contributed by atoms with E-state index in [1.165, 1.54) is 6.26 Å². The minimum Gasteiger partial charge on any atom is -0.481 e. The fraction of sp³-hybridized carbons (Fsp3) is 0.350. The average Bonchev–Trinajstić information content (AvgIpc) is 2.97. The Bertz CT molecular complexity index is 869. The minimum absolute atomic E-state index is 0.0937. The van der Waals surface area contributed by atoms with Crippen LogP contribution in [0.15, 0.2) is 34.9 Å². The summed E-state index contributed by atoms with van der Waals surface area (Å²) in [6.07, 6.45) is 2.27. The number of carbonyl (C=O) groups is 3. The number of carbonyl (C=O) groups excluding carboxylic acids is 2. The second-order valence-electron chi connectivity index (χ2n) is 6.78. The van der Waals surface area contributed by atoms with Crippen LogP contribution in [0.4, 0.5) is 5.69 Å². The van der Waals surface area contributed by atoms with Crippen LogP contribution in [-0.4, -0.2) is 35.5 Å². The van der Waals surface area contributed by atoms with Crippen LogP contribution < -0.4 is 10.2 Å². The summed E-state index contributed by atoms with van der Waals surface area (Å²) >= 11 is 0. The molecule has 142 valence electrons. The SMILES string of the molecule is Cc1ccc(N2CCCC(NC(=O)c3c(C)coc3CC(=O)O)C2=O)cc1. The summed E-state index contributed by atoms with van der Waals surface area (Å²) in [5, 5.41) is 11.7. The zero-order valence-corrected chi connectivity index (χ0v) is 15.3. The van der Waals surface area contributed by atoms with Crippen molar-refractivity contribution in [3.63, 3.8) is 0 Å². The van der Waals surface area contributed by atoms with Gasteiger partial charge in [0.25, 0.3) is 5.91 Å². The van der Waals surface area contributed by atoms with Crippen molar-refractivity contribution in [3.8, 4) is 0 Å². The molecule has 0 aliphatic carbocycles. The minimum atomic E-state index is -1.09. The molecule has 1 fully saturated rings. The van der Waals surface area contributed by atoms with Crippen molar-refractivity contribution >= 4 is 23.5 Å². The van der Waals surface area contributed by atoms with Crippen molar-refractivity contribution in [2.75, 3.05) is 11.4 Å². The van der Waals surface area contributed by atoms with E-state index < -0.39 is 17.9 Å². The Balaban J connectivity index is 1.76. The van der Waals surface area contributed by atoms with Gasteiger partial charge in [-0.15, -0.1) is 0 Å². The first kappa shape index (κ1) is 18.7. The third kappa shape index (κ3) is 4.02. The van der Waals surface area contributed by atoms with Gasteiger partial charge in [-0.3, -0.25) is 14.4 Å². The van der Waals surface area contributed by atoms with E-state index in [0.29, 0.717) is 18.5 Å². The molecule has 1 aliphatic heterocycles. The Morgan fingerprint density at radius 2 is 1.96 bits per heavy atom. The number of hydrogen-bond acceptors (Lipinski definition) is 4. The zero-order valence-electron chi connectivity index (χ0n) is 15.3. The summed E-state index contributed by atoms with van der Waals surface area (Å²) in [6, 6.07) is 7.01. The van der Waals surface area contributed by atoms with Crippen molar-refractivity contribution in [3.05, 3.63) is 53.0 Å². The molecule has 1 aromatic heterocycles. The molecule has 7 nitrogen and oxygen atoms in total. The van der Waals surface area contributed by atoms with Gasteiger partial charge in [0.15, 0.2) is 0 Å². The van der Waals surface area contributed by atoms with E-state index in [0.717, 1.165) is 17.7 Å². The molecule has 1 atom stereocenters. The van der Waals surface area contributed by atoms with E-state index >= 15 is 0 Å². The number of anilines is 1. The van der Waals surface area contributed by atoms with Crippen LogP contribution >= 0.6 is 0 Å². The third-order valence-corrected chi connectivity index (χ3v) is 4.68. The molecular weight excluding hydrogens is 348 g/mol. The molecule has 0 saturated carbocycles. The molecule has 2 heterocycles. The molecular formula is C20H22N2O5. The van der Waals surface area contributed by atoms with E-state index in [1.54, 1.807) is 11.8 Å².